The Bertz CT molecular complexity index is 198. The van der Waals surface area contributed by atoms with E-state index in [0.29, 0.717) is 0 Å². The molecule has 0 fully saturated rings. The molecule has 0 N–H and O–H groups in total. The van der Waals surface area contributed by atoms with Crippen LogP contribution in [0.25, 0.3) is 0 Å². The van der Waals surface area contributed by atoms with Crippen molar-refractivity contribution >= 4 is 12.6 Å². The molecular weight excluding hydrogens is 151 g/mol. The van der Waals surface area contributed by atoms with Crippen molar-refractivity contribution in [2.75, 3.05) is 0 Å². The van der Waals surface area contributed by atoms with Gasteiger partial charge in [0.15, 0.2) is 0 Å². The number of benzene rings is 1. The van der Waals surface area contributed by atoms with Crippen molar-refractivity contribution in [3.05, 3.63) is 29.8 Å². The van der Waals surface area contributed by atoms with Crippen LogP contribution in [0.2, 0.25) is 0 Å². The molecule has 0 saturated carbocycles. The van der Waals surface area contributed by atoms with Crippen molar-refractivity contribution in [1.82, 2.24) is 0 Å². The second-order valence-electron chi connectivity index (χ2n) is 1.96. The molecule has 0 unspecified atom stereocenters. The Morgan fingerprint density at radius 1 is 1.30 bits per heavy atom. The zero-order valence-corrected chi connectivity index (χ0v) is 9.24. The second-order valence-corrected chi connectivity index (χ2v) is 2.40. The first-order chi connectivity index (χ1) is 4.34. The Morgan fingerprint density at radius 3 is 2.30 bits per heavy atom. The molecule has 10 heavy (non-hydrogen) atoms. The standard InChI is InChI=1S/C8H10S.Na/c1-2-7-5-3-4-6-8(7)9;/h3-6,9H,2H2,1H3;/q;+1/p-1. The monoisotopic (exact) mass is 160 g/mol. The van der Waals surface area contributed by atoms with Gasteiger partial charge in [-0.05, 0) is 6.42 Å². The largest absolute Gasteiger partial charge is 1.00 e. The van der Waals surface area contributed by atoms with E-state index in [4.69, 9.17) is 12.6 Å². The maximum Gasteiger partial charge on any atom is 1.00 e. The summed E-state index contributed by atoms with van der Waals surface area (Å²) in [4.78, 5) is 0.986. The van der Waals surface area contributed by atoms with Crippen molar-refractivity contribution in [2.24, 2.45) is 0 Å². The van der Waals surface area contributed by atoms with Gasteiger partial charge in [-0.2, -0.15) is 4.90 Å². The molecule has 0 nitrogen and oxygen atoms in total. The molecule has 0 spiro atoms. The molecule has 0 aliphatic carbocycles. The van der Waals surface area contributed by atoms with Gasteiger partial charge in [0.25, 0.3) is 0 Å². The molecule has 0 aromatic heterocycles. The Balaban J connectivity index is 0.000000810. The van der Waals surface area contributed by atoms with Gasteiger partial charge in [-0.3, -0.25) is 0 Å². The Hall–Kier alpha value is 0.440. The van der Waals surface area contributed by atoms with E-state index >= 15 is 0 Å². The number of hydrogen-bond acceptors (Lipinski definition) is 1. The summed E-state index contributed by atoms with van der Waals surface area (Å²) in [7, 11) is 0. The SMILES string of the molecule is CCc1ccccc1[S-].[Na+]. The van der Waals surface area contributed by atoms with E-state index in [1.54, 1.807) is 0 Å². The van der Waals surface area contributed by atoms with Gasteiger partial charge in [0, 0.05) is 0 Å². The molecule has 48 valence electrons. The van der Waals surface area contributed by atoms with E-state index in [1.807, 2.05) is 18.2 Å². The van der Waals surface area contributed by atoms with Crippen LogP contribution in [0.5, 0.6) is 0 Å². The number of aryl methyl sites for hydroxylation is 1. The van der Waals surface area contributed by atoms with E-state index < -0.39 is 0 Å². The van der Waals surface area contributed by atoms with Crippen LogP contribution < -0.4 is 29.6 Å². The first-order valence-electron chi connectivity index (χ1n) is 3.09. The molecule has 0 heterocycles. The van der Waals surface area contributed by atoms with Crippen LogP contribution in [0.3, 0.4) is 0 Å². The fourth-order valence-electron chi connectivity index (χ4n) is 0.796. The summed E-state index contributed by atoms with van der Waals surface area (Å²) in [6, 6.07) is 8.03. The fourth-order valence-corrected chi connectivity index (χ4v) is 1.09. The first kappa shape index (κ1) is 10.4. The van der Waals surface area contributed by atoms with Crippen LogP contribution in [0, 0.1) is 0 Å². The minimum absolute atomic E-state index is 0. The van der Waals surface area contributed by atoms with Crippen LogP contribution in [-0.2, 0) is 19.0 Å². The van der Waals surface area contributed by atoms with Gasteiger partial charge in [-0.1, -0.05) is 36.8 Å². The number of hydrogen-bond donors (Lipinski definition) is 0. The minimum Gasteiger partial charge on any atom is -0.779 e. The summed E-state index contributed by atoms with van der Waals surface area (Å²) in [5.74, 6) is 0. The Morgan fingerprint density at radius 2 is 1.90 bits per heavy atom. The zero-order valence-electron chi connectivity index (χ0n) is 6.42. The van der Waals surface area contributed by atoms with E-state index in [-0.39, 0.29) is 29.6 Å². The van der Waals surface area contributed by atoms with Crippen molar-refractivity contribution in [1.29, 1.82) is 0 Å². The molecular formula is C8H9NaS. The van der Waals surface area contributed by atoms with Crippen LogP contribution in [-0.4, -0.2) is 0 Å². The average molecular weight is 160 g/mol. The van der Waals surface area contributed by atoms with Crippen LogP contribution >= 0.6 is 0 Å². The first-order valence-corrected chi connectivity index (χ1v) is 3.50. The quantitative estimate of drug-likeness (QED) is 0.381. The van der Waals surface area contributed by atoms with Gasteiger partial charge in [-0.25, -0.2) is 0 Å². The summed E-state index contributed by atoms with van der Waals surface area (Å²) < 4.78 is 0. The molecule has 1 aromatic rings. The zero-order chi connectivity index (χ0) is 6.69. The molecule has 0 atom stereocenters. The molecule has 0 saturated heterocycles. The van der Waals surface area contributed by atoms with E-state index in [2.05, 4.69) is 13.0 Å². The predicted octanol–water partition coefficient (Wildman–Crippen LogP) is -0.841. The van der Waals surface area contributed by atoms with Gasteiger partial charge in [0.2, 0.25) is 0 Å². The minimum atomic E-state index is 0. The summed E-state index contributed by atoms with van der Waals surface area (Å²) in [6.07, 6.45) is 1.04. The second kappa shape index (κ2) is 5.14. The van der Waals surface area contributed by atoms with E-state index in [1.165, 1.54) is 5.56 Å². The predicted molar refractivity (Wildman–Crippen MR) is 41.5 cm³/mol. The molecule has 0 amide bonds. The van der Waals surface area contributed by atoms with Crippen molar-refractivity contribution in [2.45, 2.75) is 18.2 Å². The van der Waals surface area contributed by atoms with Gasteiger partial charge in [-0.15, -0.1) is 0 Å². The third-order valence-electron chi connectivity index (χ3n) is 1.35. The average Bonchev–Trinajstić information content (AvgIpc) is 1.89. The van der Waals surface area contributed by atoms with Crippen molar-refractivity contribution < 1.29 is 29.6 Å². The normalized spacial score (nSPS) is 8.50. The summed E-state index contributed by atoms with van der Waals surface area (Å²) in [5.41, 5.74) is 1.27. The molecule has 0 radical (unpaired) electrons. The Kier molecular flexibility index (Phi) is 5.36. The van der Waals surface area contributed by atoms with Gasteiger partial charge in [0.05, 0.1) is 0 Å². The molecule has 1 rings (SSSR count). The van der Waals surface area contributed by atoms with Crippen LogP contribution in [0.4, 0.5) is 0 Å². The summed E-state index contributed by atoms with van der Waals surface area (Å²) >= 11 is 5.05. The smallest absolute Gasteiger partial charge is 0.779 e. The fraction of sp³-hybridized carbons (Fsp3) is 0.250. The van der Waals surface area contributed by atoms with Gasteiger partial charge >= 0.3 is 29.6 Å². The van der Waals surface area contributed by atoms with Crippen LogP contribution in [0.15, 0.2) is 29.2 Å². The van der Waals surface area contributed by atoms with Gasteiger partial charge in [0.1, 0.15) is 0 Å². The topological polar surface area (TPSA) is 0 Å². The van der Waals surface area contributed by atoms with E-state index in [0.717, 1.165) is 11.3 Å². The summed E-state index contributed by atoms with van der Waals surface area (Å²) in [5, 5.41) is 0. The Labute approximate surface area is 89.7 Å². The third kappa shape index (κ3) is 2.59. The van der Waals surface area contributed by atoms with Crippen LogP contribution in [0.1, 0.15) is 12.5 Å². The molecule has 0 aliphatic heterocycles. The maximum atomic E-state index is 5.05. The maximum absolute atomic E-state index is 5.05. The van der Waals surface area contributed by atoms with Gasteiger partial charge < -0.3 is 12.6 Å². The van der Waals surface area contributed by atoms with E-state index in [9.17, 15) is 0 Å². The number of rotatable bonds is 1. The molecule has 2 heteroatoms. The van der Waals surface area contributed by atoms with Crippen molar-refractivity contribution in [3.63, 3.8) is 0 Å². The molecule has 0 bridgehead atoms. The molecule has 0 aliphatic rings. The van der Waals surface area contributed by atoms with Crippen molar-refractivity contribution in [3.8, 4) is 0 Å². The molecule has 1 aromatic carbocycles. The third-order valence-corrected chi connectivity index (χ3v) is 1.75. The summed E-state index contributed by atoms with van der Waals surface area (Å²) in [6.45, 7) is 2.12.